The Balaban J connectivity index is 2.19. The van der Waals surface area contributed by atoms with E-state index in [1.54, 1.807) is 0 Å². The van der Waals surface area contributed by atoms with E-state index >= 15 is 0 Å². The van der Waals surface area contributed by atoms with Crippen LogP contribution in [0.5, 0.6) is 0 Å². The quantitative estimate of drug-likeness (QED) is 0.735. The lowest BCUT2D eigenvalue weighted by molar-refractivity contribution is 0.157. The largest absolute Gasteiger partial charge is 0.314 e. The summed E-state index contributed by atoms with van der Waals surface area (Å²) in [5.74, 6) is 0. The first-order valence-electron chi connectivity index (χ1n) is 6.26. The van der Waals surface area contributed by atoms with Gasteiger partial charge in [0.15, 0.2) is 0 Å². The smallest absolute Gasteiger partial charge is 0.0110 e. The minimum atomic E-state index is 0.667. The average Bonchev–Trinajstić information content (AvgIpc) is 2.26. The predicted octanol–water partition coefficient (Wildman–Crippen LogP) is 1.01. The van der Waals surface area contributed by atoms with E-state index in [1.807, 2.05) is 0 Å². The van der Waals surface area contributed by atoms with E-state index in [-0.39, 0.29) is 0 Å². The second-order valence-corrected chi connectivity index (χ2v) is 5.00. The number of rotatable bonds is 5. The van der Waals surface area contributed by atoms with E-state index < -0.39 is 0 Å². The zero-order chi connectivity index (χ0) is 11.3. The van der Waals surface area contributed by atoms with Gasteiger partial charge in [-0.3, -0.25) is 4.90 Å². The Morgan fingerprint density at radius 3 is 2.33 bits per heavy atom. The zero-order valence-corrected chi connectivity index (χ0v) is 10.8. The van der Waals surface area contributed by atoms with Crippen LogP contribution in [0.3, 0.4) is 0 Å². The summed E-state index contributed by atoms with van der Waals surface area (Å²) in [5.41, 5.74) is 0. The molecule has 0 radical (unpaired) electrons. The van der Waals surface area contributed by atoms with Crippen molar-refractivity contribution in [2.45, 2.75) is 39.3 Å². The molecule has 1 atom stereocenters. The molecule has 1 fully saturated rings. The Bertz CT molecular complexity index is 164. The van der Waals surface area contributed by atoms with Crippen LogP contribution in [-0.2, 0) is 0 Å². The van der Waals surface area contributed by atoms with Crippen LogP contribution in [0, 0.1) is 0 Å². The molecule has 0 saturated carbocycles. The standard InChI is InChI=1S/C12H27N3/c1-11(2)14(4)8-5-12(3)15-9-6-13-7-10-15/h11-13H,5-10H2,1-4H3. The van der Waals surface area contributed by atoms with Crippen LogP contribution in [0.15, 0.2) is 0 Å². The van der Waals surface area contributed by atoms with Crippen molar-refractivity contribution >= 4 is 0 Å². The predicted molar refractivity (Wildman–Crippen MR) is 66.3 cm³/mol. The molecule has 0 aliphatic carbocycles. The van der Waals surface area contributed by atoms with E-state index in [0.717, 1.165) is 19.1 Å². The molecule has 0 spiro atoms. The van der Waals surface area contributed by atoms with Crippen molar-refractivity contribution in [2.75, 3.05) is 39.8 Å². The van der Waals surface area contributed by atoms with E-state index in [0.29, 0.717) is 6.04 Å². The van der Waals surface area contributed by atoms with Gasteiger partial charge in [-0.25, -0.2) is 0 Å². The van der Waals surface area contributed by atoms with E-state index in [4.69, 9.17) is 0 Å². The molecule has 3 nitrogen and oxygen atoms in total. The van der Waals surface area contributed by atoms with Crippen LogP contribution in [0.25, 0.3) is 0 Å². The molecule has 0 aromatic carbocycles. The fourth-order valence-corrected chi connectivity index (χ4v) is 1.95. The summed E-state index contributed by atoms with van der Waals surface area (Å²) in [6, 6.07) is 1.40. The monoisotopic (exact) mass is 213 g/mol. The van der Waals surface area contributed by atoms with Gasteiger partial charge in [-0.05, 0) is 40.8 Å². The van der Waals surface area contributed by atoms with Crippen molar-refractivity contribution in [3.05, 3.63) is 0 Å². The highest BCUT2D eigenvalue weighted by molar-refractivity contribution is 4.74. The first-order valence-corrected chi connectivity index (χ1v) is 6.26. The third-order valence-electron chi connectivity index (χ3n) is 3.56. The molecule has 0 aromatic heterocycles. The number of hydrogen-bond donors (Lipinski definition) is 1. The highest BCUT2D eigenvalue weighted by Crippen LogP contribution is 2.06. The van der Waals surface area contributed by atoms with Crippen molar-refractivity contribution in [2.24, 2.45) is 0 Å². The van der Waals surface area contributed by atoms with E-state index in [1.165, 1.54) is 26.1 Å². The molecule has 1 aliphatic rings. The van der Waals surface area contributed by atoms with Crippen molar-refractivity contribution in [3.8, 4) is 0 Å². The molecular formula is C12H27N3. The molecule has 0 aromatic rings. The molecule has 1 saturated heterocycles. The fourth-order valence-electron chi connectivity index (χ4n) is 1.95. The number of nitrogens with one attached hydrogen (secondary N) is 1. The Labute approximate surface area is 94.8 Å². The highest BCUT2D eigenvalue weighted by atomic mass is 15.2. The van der Waals surface area contributed by atoms with Gasteiger partial charge in [-0.1, -0.05) is 0 Å². The summed E-state index contributed by atoms with van der Waals surface area (Å²) in [4.78, 5) is 5.03. The van der Waals surface area contributed by atoms with E-state index in [2.05, 4.69) is 42.9 Å². The Morgan fingerprint density at radius 2 is 1.80 bits per heavy atom. The first-order chi connectivity index (χ1) is 7.11. The maximum absolute atomic E-state index is 3.40. The summed E-state index contributed by atoms with van der Waals surface area (Å²) in [5, 5.41) is 3.40. The molecular weight excluding hydrogens is 186 g/mol. The van der Waals surface area contributed by atoms with E-state index in [9.17, 15) is 0 Å². The van der Waals surface area contributed by atoms with Crippen molar-refractivity contribution in [1.29, 1.82) is 0 Å². The molecule has 0 amide bonds. The Morgan fingerprint density at radius 1 is 1.20 bits per heavy atom. The maximum atomic E-state index is 3.40. The number of hydrogen-bond acceptors (Lipinski definition) is 3. The minimum absolute atomic E-state index is 0.667. The SMILES string of the molecule is CC(C)N(C)CCC(C)N1CCNCC1. The van der Waals surface area contributed by atoms with Crippen LogP contribution < -0.4 is 5.32 Å². The minimum Gasteiger partial charge on any atom is -0.314 e. The van der Waals surface area contributed by atoms with Crippen LogP contribution in [0.4, 0.5) is 0 Å². The molecule has 1 unspecified atom stereocenters. The van der Waals surface area contributed by atoms with Gasteiger partial charge in [0.25, 0.3) is 0 Å². The summed E-state index contributed by atoms with van der Waals surface area (Å²) in [6.45, 7) is 12.8. The highest BCUT2D eigenvalue weighted by Gasteiger charge is 2.16. The molecule has 1 aliphatic heterocycles. The van der Waals surface area contributed by atoms with Crippen LogP contribution in [0.2, 0.25) is 0 Å². The Hall–Kier alpha value is -0.120. The number of nitrogens with zero attached hydrogens (tertiary/aromatic N) is 2. The van der Waals surface area contributed by atoms with Crippen LogP contribution in [0.1, 0.15) is 27.2 Å². The van der Waals surface area contributed by atoms with Crippen molar-refractivity contribution in [1.82, 2.24) is 15.1 Å². The topological polar surface area (TPSA) is 18.5 Å². The number of piperazine rings is 1. The molecule has 3 heteroatoms. The third-order valence-corrected chi connectivity index (χ3v) is 3.56. The fraction of sp³-hybridized carbons (Fsp3) is 1.00. The second kappa shape index (κ2) is 6.46. The first kappa shape index (κ1) is 12.9. The molecule has 90 valence electrons. The summed E-state index contributed by atoms with van der Waals surface area (Å²) in [7, 11) is 2.22. The summed E-state index contributed by atoms with van der Waals surface area (Å²) in [6.07, 6.45) is 1.29. The molecule has 0 bridgehead atoms. The molecule has 1 N–H and O–H groups in total. The van der Waals surface area contributed by atoms with Crippen molar-refractivity contribution in [3.63, 3.8) is 0 Å². The van der Waals surface area contributed by atoms with Gasteiger partial charge < -0.3 is 10.2 Å². The second-order valence-electron chi connectivity index (χ2n) is 5.00. The molecule has 1 rings (SSSR count). The Kier molecular flexibility index (Phi) is 5.58. The van der Waals surface area contributed by atoms with Crippen LogP contribution in [-0.4, -0.2) is 61.7 Å². The van der Waals surface area contributed by atoms with Gasteiger partial charge >= 0.3 is 0 Å². The van der Waals surface area contributed by atoms with Gasteiger partial charge in [0.2, 0.25) is 0 Å². The summed E-state index contributed by atoms with van der Waals surface area (Å²) >= 11 is 0. The lowest BCUT2D eigenvalue weighted by Crippen LogP contribution is -2.48. The maximum Gasteiger partial charge on any atom is 0.0110 e. The van der Waals surface area contributed by atoms with Crippen molar-refractivity contribution < 1.29 is 0 Å². The van der Waals surface area contributed by atoms with Gasteiger partial charge in [-0.15, -0.1) is 0 Å². The normalized spacial score (nSPS) is 21.2. The molecule has 1 heterocycles. The van der Waals surface area contributed by atoms with Gasteiger partial charge in [-0.2, -0.15) is 0 Å². The lowest BCUT2D eigenvalue weighted by atomic mass is 10.1. The molecule has 15 heavy (non-hydrogen) atoms. The zero-order valence-electron chi connectivity index (χ0n) is 10.8. The average molecular weight is 213 g/mol. The van der Waals surface area contributed by atoms with Gasteiger partial charge in [0.1, 0.15) is 0 Å². The van der Waals surface area contributed by atoms with Gasteiger partial charge in [0.05, 0.1) is 0 Å². The van der Waals surface area contributed by atoms with Gasteiger partial charge in [0, 0.05) is 38.3 Å². The lowest BCUT2D eigenvalue weighted by Gasteiger charge is -2.34. The third kappa shape index (κ3) is 4.49. The summed E-state index contributed by atoms with van der Waals surface area (Å²) < 4.78 is 0. The van der Waals surface area contributed by atoms with Crippen LogP contribution >= 0.6 is 0 Å².